The zero-order valence-corrected chi connectivity index (χ0v) is 11.5. The lowest BCUT2D eigenvalue weighted by atomic mass is 10.3. The average molecular weight is 258 g/mol. The first-order valence-corrected chi connectivity index (χ1v) is 6.31. The standard InChI is InChI=1S/2C6H11NO2/c1-5(2)9-6-3-4-8-7-6;1-5(2)7-6(8)3-4-9-7/h2*5H,3-4H2,1-2H3. The second kappa shape index (κ2) is 7.20. The van der Waals surface area contributed by atoms with Crippen molar-refractivity contribution in [1.29, 1.82) is 0 Å². The van der Waals surface area contributed by atoms with E-state index in [0.29, 0.717) is 19.6 Å². The molecule has 0 aromatic carbocycles. The molecule has 0 radical (unpaired) electrons. The van der Waals surface area contributed by atoms with Gasteiger partial charge in [-0.3, -0.25) is 9.63 Å². The van der Waals surface area contributed by atoms with E-state index in [1.165, 1.54) is 5.06 Å². The second-order valence-corrected chi connectivity index (χ2v) is 4.63. The van der Waals surface area contributed by atoms with Crippen LogP contribution in [0.1, 0.15) is 40.5 Å². The maximum Gasteiger partial charge on any atom is 0.248 e. The van der Waals surface area contributed by atoms with Crippen LogP contribution >= 0.6 is 0 Å². The van der Waals surface area contributed by atoms with E-state index in [9.17, 15) is 4.79 Å². The molecule has 0 bridgehead atoms. The Kier molecular flexibility index (Phi) is 5.91. The molecule has 6 nitrogen and oxygen atoms in total. The summed E-state index contributed by atoms with van der Waals surface area (Å²) < 4.78 is 5.24. The summed E-state index contributed by atoms with van der Waals surface area (Å²) in [4.78, 5) is 20.5. The SMILES string of the molecule is CC(C)N1OCCC1=O.CC(C)OC1=NOCC1. The minimum Gasteiger partial charge on any atom is -0.476 e. The molecule has 18 heavy (non-hydrogen) atoms. The normalized spacial score (nSPS) is 18.7. The molecule has 1 amide bonds. The monoisotopic (exact) mass is 258 g/mol. The van der Waals surface area contributed by atoms with Gasteiger partial charge in [-0.05, 0) is 27.7 Å². The van der Waals surface area contributed by atoms with Crippen LogP contribution in [0.2, 0.25) is 0 Å². The van der Waals surface area contributed by atoms with Gasteiger partial charge in [0.05, 0.1) is 31.6 Å². The topological polar surface area (TPSA) is 60.4 Å². The van der Waals surface area contributed by atoms with E-state index in [2.05, 4.69) is 5.16 Å². The Morgan fingerprint density at radius 3 is 2.28 bits per heavy atom. The molecule has 1 saturated heterocycles. The molecule has 0 atom stereocenters. The van der Waals surface area contributed by atoms with Crippen molar-refractivity contribution < 1.29 is 19.2 Å². The van der Waals surface area contributed by atoms with Crippen molar-refractivity contribution >= 4 is 11.8 Å². The highest BCUT2D eigenvalue weighted by atomic mass is 16.7. The predicted octanol–water partition coefficient (Wildman–Crippen LogP) is 1.70. The number of nitrogens with zero attached hydrogens (tertiary/aromatic N) is 2. The van der Waals surface area contributed by atoms with Gasteiger partial charge in [-0.15, -0.1) is 0 Å². The van der Waals surface area contributed by atoms with Crippen molar-refractivity contribution in [3.63, 3.8) is 0 Å². The van der Waals surface area contributed by atoms with Crippen LogP contribution in [0.5, 0.6) is 0 Å². The van der Waals surface area contributed by atoms with Crippen molar-refractivity contribution in [3.05, 3.63) is 0 Å². The van der Waals surface area contributed by atoms with E-state index < -0.39 is 0 Å². The average Bonchev–Trinajstić information content (AvgIpc) is 2.89. The van der Waals surface area contributed by atoms with E-state index in [1.807, 2.05) is 27.7 Å². The minimum atomic E-state index is 0.102. The lowest BCUT2D eigenvalue weighted by Crippen LogP contribution is -2.30. The summed E-state index contributed by atoms with van der Waals surface area (Å²) in [5, 5.41) is 5.10. The number of hydroxylamine groups is 2. The third-order valence-electron chi connectivity index (χ3n) is 2.21. The van der Waals surface area contributed by atoms with E-state index in [4.69, 9.17) is 14.4 Å². The number of amides is 1. The van der Waals surface area contributed by atoms with Gasteiger partial charge in [-0.2, -0.15) is 0 Å². The van der Waals surface area contributed by atoms with Crippen molar-refractivity contribution in [2.45, 2.75) is 52.7 Å². The Balaban J connectivity index is 0.000000180. The molecule has 0 unspecified atom stereocenters. The van der Waals surface area contributed by atoms with E-state index in [-0.39, 0.29) is 18.1 Å². The largest absolute Gasteiger partial charge is 0.476 e. The van der Waals surface area contributed by atoms with Crippen LogP contribution in [0.3, 0.4) is 0 Å². The van der Waals surface area contributed by atoms with Crippen LogP contribution in [0.4, 0.5) is 0 Å². The number of carbonyl (C=O) groups is 1. The quantitative estimate of drug-likeness (QED) is 0.756. The van der Waals surface area contributed by atoms with Gasteiger partial charge in [0.15, 0.2) is 0 Å². The fourth-order valence-corrected chi connectivity index (χ4v) is 1.50. The van der Waals surface area contributed by atoms with Gasteiger partial charge in [-0.1, -0.05) is 5.16 Å². The predicted molar refractivity (Wildman–Crippen MR) is 66.8 cm³/mol. The molecule has 2 heterocycles. The number of hydrogen-bond donors (Lipinski definition) is 0. The lowest BCUT2D eigenvalue weighted by molar-refractivity contribution is -0.170. The number of oxime groups is 1. The molecule has 0 aromatic rings. The highest BCUT2D eigenvalue weighted by Crippen LogP contribution is 2.09. The lowest BCUT2D eigenvalue weighted by Gasteiger charge is -2.17. The zero-order chi connectivity index (χ0) is 13.5. The molecule has 6 heteroatoms. The summed E-state index contributed by atoms with van der Waals surface area (Å²) in [6.07, 6.45) is 1.57. The van der Waals surface area contributed by atoms with Gasteiger partial charge in [0, 0.05) is 0 Å². The molecule has 0 aromatic heterocycles. The molecule has 2 aliphatic rings. The van der Waals surface area contributed by atoms with Gasteiger partial charge < -0.3 is 9.57 Å². The van der Waals surface area contributed by atoms with Gasteiger partial charge in [0.2, 0.25) is 11.8 Å². The summed E-state index contributed by atoms with van der Waals surface area (Å²) in [5.74, 6) is 0.829. The Morgan fingerprint density at radius 2 is 1.94 bits per heavy atom. The molecule has 104 valence electrons. The summed E-state index contributed by atoms with van der Waals surface area (Å²) in [5.41, 5.74) is 0. The Labute approximate surface area is 108 Å². The Morgan fingerprint density at radius 1 is 1.22 bits per heavy atom. The van der Waals surface area contributed by atoms with Crippen LogP contribution in [0.15, 0.2) is 5.16 Å². The smallest absolute Gasteiger partial charge is 0.248 e. The third-order valence-corrected chi connectivity index (χ3v) is 2.21. The second-order valence-electron chi connectivity index (χ2n) is 4.63. The fraction of sp³-hybridized carbons (Fsp3) is 0.833. The van der Waals surface area contributed by atoms with Crippen LogP contribution < -0.4 is 0 Å². The molecular weight excluding hydrogens is 236 g/mol. The summed E-state index contributed by atoms with van der Waals surface area (Å²) >= 11 is 0. The van der Waals surface area contributed by atoms with Gasteiger partial charge in [0.25, 0.3) is 0 Å². The Bertz CT molecular complexity index is 302. The number of ether oxygens (including phenoxy) is 1. The number of hydrogen-bond acceptors (Lipinski definition) is 5. The summed E-state index contributed by atoms with van der Waals surface area (Å²) in [6.45, 7) is 9.03. The number of rotatable bonds is 2. The molecule has 2 aliphatic heterocycles. The third kappa shape index (κ3) is 4.91. The van der Waals surface area contributed by atoms with Crippen LogP contribution in [-0.4, -0.2) is 42.2 Å². The molecule has 0 aliphatic carbocycles. The first-order valence-electron chi connectivity index (χ1n) is 6.31. The molecule has 2 rings (SSSR count). The highest BCUT2D eigenvalue weighted by Gasteiger charge is 2.23. The first kappa shape index (κ1) is 14.8. The zero-order valence-electron chi connectivity index (χ0n) is 11.5. The summed E-state index contributed by atoms with van der Waals surface area (Å²) in [7, 11) is 0. The van der Waals surface area contributed by atoms with Gasteiger partial charge >= 0.3 is 0 Å². The summed E-state index contributed by atoms with van der Waals surface area (Å²) in [6, 6.07) is 0.181. The van der Waals surface area contributed by atoms with E-state index in [1.54, 1.807) is 0 Å². The number of carbonyl (C=O) groups excluding carboxylic acids is 1. The maximum atomic E-state index is 10.8. The van der Waals surface area contributed by atoms with Crippen LogP contribution in [0.25, 0.3) is 0 Å². The van der Waals surface area contributed by atoms with Crippen LogP contribution in [0, 0.1) is 0 Å². The van der Waals surface area contributed by atoms with Crippen molar-refractivity contribution in [2.75, 3.05) is 13.2 Å². The molecule has 0 spiro atoms. The first-order chi connectivity index (χ1) is 8.50. The van der Waals surface area contributed by atoms with E-state index >= 15 is 0 Å². The maximum absolute atomic E-state index is 10.8. The highest BCUT2D eigenvalue weighted by molar-refractivity contribution is 5.77. The molecular formula is C12H22N2O4. The minimum absolute atomic E-state index is 0.102. The molecule has 1 fully saturated rings. The molecule has 0 N–H and O–H groups in total. The van der Waals surface area contributed by atoms with E-state index in [0.717, 1.165) is 12.3 Å². The van der Waals surface area contributed by atoms with Crippen LogP contribution in [-0.2, 0) is 19.2 Å². The Hall–Kier alpha value is -1.30. The van der Waals surface area contributed by atoms with Crippen molar-refractivity contribution in [3.8, 4) is 0 Å². The van der Waals surface area contributed by atoms with Crippen molar-refractivity contribution in [1.82, 2.24) is 5.06 Å². The van der Waals surface area contributed by atoms with Crippen molar-refractivity contribution in [2.24, 2.45) is 5.16 Å². The van der Waals surface area contributed by atoms with Gasteiger partial charge in [0.1, 0.15) is 6.61 Å². The van der Waals surface area contributed by atoms with Gasteiger partial charge in [-0.25, -0.2) is 5.06 Å². The fourth-order valence-electron chi connectivity index (χ4n) is 1.50. The molecule has 0 saturated carbocycles.